The Morgan fingerprint density at radius 2 is 2.04 bits per heavy atom. The van der Waals surface area contributed by atoms with E-state index in [1.807, 2.05) is 11.8 Å². The number of ether oxygens (including phenoxy) is 1. The third-order valence-corrected chi connectivity index (χ3v) is 3.88. The molecule has 5 heteroatoms. The summed E-state index contributed by atoms with van der Waals surface area (Å²) in [5.41, 5.74) is 1.55. The van der Waals surface area contributed by atoms with Gasteiger partial charge >= 0.3 is 5.97 Å². The molecule has 1 aliphatic heterocycles. The smallest absolute Gasteiger partial charge is 0.307 e. The van der Waals surface area contributed by atoms with Crippen molar-refractivity contribution >= 4 is 11.8 Å². The zero-order valence-electron chi connectivity index (χ0n) is 13.5. The Hall–Kier alpha value is -2.14. The van der Waals surface area contributed by atoms with Crippen molar-refractivity contribution in [2.45, 2.75) is 19.8 Å². The van der Waals surface area contributed by atoms with Crippen LogP contribution in [-0.4, -0.2) is 48.0 Å². The summed E-state index contributed by atoms with van der Waals surface area (Å²) < 4.78 is 5.51. The molecule has 0 bridgehead atoms. The Kier molecular flexibility index (Phi) is 5.93. The highest BCUT2D eigenvalue weighted by molar-refractivity contribution is 5.97. The topological polar surface area (TPSA) is 66.8 Å². The van der Waals surface area contributed by atoms with E-state index in [-0.39, 0.29) is 18.2 Å². The number of carbonyl (C=O) groups excluding carboxylic acids is 1. The summed E-state index contributed by atoms with van der Waals surface area (Å²) in [6.07, 6.45) is 1.51. The fraction of sp³-hybridized carbons (Fsp3) is 0.444. The van der Waals surface area contributed by atoms with Gasteiger partial charge in [0, 0.05) is 12.1 Å². The van der Waals surface area contributed by atoms with Crippen LogP contribution in [0.2, 0.25) is 0 Å². The number of benzene rings is 1. The Bertz CT molecular complexity index is 579. The number of ketones is 1. The molecule has 23 heavy (non-hydrogen) atoms. The van der Waals surface area contributed by atoms with Crippen molar-refractivity contribution in [2.75, 3.05) is 26.2 Å². The summed E-state index contributed by atoms with van der Waals surface area (Å²) in [7, 11) is 0. The molecule has 0 spiro atoms. The van der Waals surface area contributed by atoms with E-state index < -0.39 is 5.97 Å². The lowest BCUT2D eigenvalue weighted by Gasteiger charge is -2.29. The first-order chi connectivity index (χ1) is 11.0. The van der Waals surface area contributed by atoms with Crippen LogP contribution in [0.4, 0.5) is 0 Å². The van der Waals surface area contributed by atoms with Crippen molar-refractivity contribution in [3.05, 3.63) is 42.0 Å². The molecule has 0 aromatic heterocycles. The average molecular weight is 317 g/mol. The normalized spacial score (nSPS) is 18.4. The number of likely N-dealkylation sites (tertiary alicyclic amines) is 1. The largest absolute Gasteiger partial charge is 0.489 e. The Morgan fingerprint density at radius 1 is 1.35 bits per heavy atom. The van der Waals surface area contributed by atoms with E-state index >= 15 is 0 Å². The third-order valence-electron chi connectivity index (χ3n) is 3.88. The first-order valence-corrected chi connectivity index (χ1v) is 7.81. The van der Waals surface area contributed by atoms with E-state index in [9.17, 15) is 9.59 Å². The average Bonchev–Trinajstić information content (AvgIpc) is 2.53. The van der Waals surface area contributed by atoms with Crippen LogP contribution in [0.1, 0.15) is 30.1 Å². The number of piperidine rings is 1. The number of carboxylic acids is 1. The van der Waals surface area contributed by atoms with Crippen LogP contribution >= 0.6 is 0 Å². The second-order valence-corrected chi connectivity index (χ2v) is 6.11. The van der Waals surface area contributed by atoms with Crippen molar-refractivity contribution in [2.24, 2.45) is 5.92 Å². The van der Waals surface area contributed by atoms with Crippen molar-refractivity contribution in [1.29, 1.82) is 0 Å². The quantitative estimate of drug-likeness (QED) is 0.618. The third kappa shape index (κ3) is 5.21. The van der Waals surface area contributed by atoms with Gasteiger partial charge in [-0.1, -0.05) is 6.58 Å². The van der Waals surface area contributed by atoms with Gasteiger partial charge in [-0.15, -0.1) is 0 Å². The summed E-state index contributed by atoms with van der Waals surface area (Å²) in [6.45, 7) is 7.60. The minimum Gasteiger partial charge on any atom is -0.489 e. The standard InChI is InChI=1S/C18H23NO4/c1-13(2)12-23-16-7-5-14(6-8-16)17(20)11-19-9-3-4-15(10-19)18(21)22/h5-8,15H,1,3-4,9-12H2,2H3,(H,21,22). The molecule has 1 saturated heterocycles. The van der Waals surface area contributed by atoms with Crippen molar-refractivity contribution < 1.29 is 19.4 Å². The highest BCUT2D eigenvalue weighted by Gasteiger charge is 2.26. The minimum absolute atomic E-state index is 0.00231. The summed E-state index contributed by atoms with van der Waals surface area (Å²) >= 11 is 0. The van der Waals surface area contributed by atoms with Gasteiger partial charge in [0.15, 0.2) is 5.78 Å². The molecule has 0 saturated carbocycles. The number of nitrogens with zero attached hydrogens (tertiary/aromatic N) is 1. The number of hydrogen-bond acceptors (Lipinski definition) is 4. The first-order valence-electron chi connectivity index (χ1n) is 7.81. The maximum absolute atomic E-state index is 12.3. The molecule has 0 radical (unpaired) electrons. The SMILES string of the molecule is C=C(C)COc1ccc(C(=O)CN2CCCC(C(=O)O)C2)cc1. The number of carboxylic acid groups (broad SMARTS) is 1. The molecule has 2 rings (SSSR count). The fourth-order valence-electron chi connectivity index (χ4n) is 2.64. The van der Waals surface area contributed by atoms with Gasteiger partial charge in [0.25, 0.3) is 0 Å². The van der Waals surface area contributed by atoms with Crippen LogP contribution in [0.25, 0.3) is 0 Å². The number of Topliss-reactive ketones (excluding diaryl/α,β-unsaturated/α-hetero) is 1. The van der Waals surface area contributed by atoms with E-state index in [4.69, 9.17) is 9.84 Å². The zero-order valence-corrected chi connectivity index (χ0v) is 13.5. The molecule has 0 amide bonds. The van der Waals surface area contributed by atoms with Crippen LogP contribution in [0.5, 0.6) is 5.75 Å². The van der Waals surface area contributed by atoms with E-state index in [0.29, 0.717) is 30.9 Å². The predicted octanol–water partition coefficient (Wildman–Crippen LogP) is 2.62. The van der Waals surface area contributed by atoms with Gasteiger partial charge in [-0.3, -0.25) is 14.5 Å². The zero-order chi connectivity index (χ0) is 16.8. The van der Waals surface area contributed by atoms with E-state index in [1.165, 1.54) is 0 Å². The molecule has 1 aromatic carbocycles. The molecule has 1 aromatic rings. The number of carbonyl (C=O) groups is 2. The molecular weight excluding hydrogens is 294 g/mol. The summed E-state index contributed by atoms with van der Waals surface area (Å²) in [5, 5.41) is 9.10. The van der Waals surface area contributed by atoms with Crippen LogP contribution in [-0.2, 0) is 4.79 Å². The number of hydrogen-bond donors (Lipinski definition) is 1. The molecule has 1 atom stereocenters. The van der Waals surface area contributed by atoms with Crippen LogP contribution in [0.3, 0.4) is 0 Å². The minimum atomic E-state index is -0.777. The lowest BCUT2D eigenvalue weighted by molar-refractivity contribution is -0.143. The summed E-state index contributed by atoms with van der Waals surface area (Å²) in [5.74, 6) is -0.438. The molecule has 1 unspecified atom stereocenters. The number of rotatable bonds is 7. The highest BCUT2D eigenvalue weighted by atomic mass is 16.5. The van der Waals surface area contributed by atoms with Gasteiger partial charge in [0.1, 0.15) is 12.4 Å². The fourth-order valence-corrected chi connectivity index (χ4v) is 2.64. The Balaban J connectivity index is 1.90. The molecule has 1 fully saturated rings. The van der Waals surface area contributed by atoms with Gasteiger partial charge in [0.05, 0.1) is 12.5 Å². The molecule has 1 heterocycles. The molecule has 5 nitrogen and oxygen atoms in total. The highest BCUT2D eigenvalue weighted by Crippen LogP contribution is 2.18. The van der Waals surface area contributed by atoms with Gasteiger partial charge in [-0.2, -0.15) is 0 Å². The van der Waals surface area contributed by atoms with Crippen molar-refractivity contribution in [3.63, 3.8) is 0 Å². The summed E-state index contributed by atoms with van der Waals surface area (Å²) in [6, 6.07) is 7.03. The van der Waals surface area contributed by atoms with Crippen molar-refractivity contribution in [1.82, 2.24) is 4.90 Å². The second-order valence-electron chi connectivity index (χ2n) is 6.11. The molecule has 1 N–H and O–H groups in total. The van der Waals surface area contributed by atoms with Crippen LogP contribution < -0.4 is 4.74 Å². The number of aliphatic carboxylic acids is 1. The molecule has 0 aliphatic carbocycles. The van der Waals surface area contributed by atoms with Gasteiger partial charge in [-0.05, 0) is 56.1 Å². The van der Waals surface area contributed by atoms with Crippen LogP contribution in [0, 0.1) is 5.92 Å². The van der Waals surface area contributed by atoms with E-state index in [0.717, 1.165) is 18.5 Å². The predicted molar refractivity (Wildman–Crippen MR) is 87.9 cm³/mol. The van der Waals surface area contributed by atoms with Gasteiger partial charge < -0.3 is 9.84 Å². The van der Waals surface area contributed by atoms with Crippen LogP contribution in [0.15, 0.2) is 36.4 Å². The maximum Gasteiger partial charge on any atom is 0.307 e. The van der Waals surface area contributed by atoms with E-state index in [2.05, 4.69) is 6.58 Å². The molecule has 124 valence electrons. The Morgan fingerprint density at radius 3 is 2.65 bits per heavy atom. The lowest BCUT2D eigenvalue weighted by Crippen LogP contribution is -2.41. The summed E-state index contributed by atoms with van der Waals surface area (Å²) in [4.78, 5) is 25.3. The molecule has 1 aliphatic rings. The van der Waals surface area contributed by atoms with Gasteiger partial charge in [-0.25, -0.2) is 0 Å². The monoisotopic (exact) mass is 317 g/mol. The van der Waals surface area contributed by atoms with E-state index in [1.54, 1.807) is 24.3 Å². The van der Waals surface area contributed by atoms with Gasteiger partial charge in [0.2, 0.25) is 0 Å². The van der Waals surface area contributed by atoms with Crippen molar-refractivity contribution in [3.8, 4) is 5.75 Å². The lowest BCUT2D eigenvalue weighted by atomic mass is 9.98. The maximum atomic E-state index is 12.3. The Labute approximate surface area is 136 Å². The second kappa shape index (κ2) is 7.92. The molecular formula is C18H23NO4. The first kappa shape index (κ1) is 17.2.